The third kappa shape index (κ3) is 1.77. The molecule has 0 spiro atoms. The summed E-state index contributed by atoms with van der Waals surface area (Å²) in [5, 5.41) is 0. The first-order valence-corrected chi connectivity index (χ1v) is 8.54. The Bertz CT molecular complexity index is 946. The minimum Gasteiger partial charge on any atom is -0.289 e. The molecule has 4 rings (SSSR count). The maximum atomic E-state index is 12.8. The van der Waals surface area contributed by atoms with Crippen LogP contribution in [0.2, 0.25) is 0 Å². The first-order valence-electron chi connectivity index (χ1n) is 6.83. The number of fused-ring (bicyclic) bond motifs is 4. The van der Waals surface area contributed by atoms with Crippen LogP contribution in [-0.2, 0) is 0 Å². The minimum atomic E-state index is -0.143. The van der Waals surface area contributed by atoms with Crippen molar-refractivity contribution in [2.45, 2.75) is 11.8 Å². The number of hydrogen-bond donors (Lipinski definition) is 0. The average Bonchev–Trinajstić information content (AvgIpc) is 3.02. The number of benzene rings is 2. The van der Waals surface area contributed by atoms with E-state index >= 15 is 0 Å². The number of carbonyl (C=O) groups excluding carboxylic acids is 2. The van der Waals surface area contributed by atoms with Crippen molar-refractivity contribution in [2.24, 2.45) is 0 Å². The lowest BCUT2D eigenvalue weighted by Gasteiger charge is -2.18. The quantitative estimate of drug-likeness (QED) is 0.527. The fourth-order valence-electron chi connectivity index (χ4n) is 2.75. The van der Waals surface area contributed by atoms with Gasteiger partial charge in [-0.05, 0) is 11.8 Å². The SMILES string of the molecule is CCSc1cc2c(c3nsnc13)C(=O)c1ccccc1C2=O. The fourth-order valence-corrected chi connectivity index (χ4v) is 4.16. The van der Waals surface area contributed by atoms with Gasteiger partial charge in [-0.2, -0.15) is 8.75 Å². The topological polar surface area (TPSA) is 59.9 Å². The van der Waals surface area contributed by atoms with Crippen molar-refractivity contribution in [3.05, 3.63) is 52.6 Å². The van der Waals surface area contributed by atoms with Crippen molar-refractivity contribution in [2.75, 3.05) is 5.75 Å². The maximum absolute atomic E-state index is 12.8. The van der Waals surface area contributed by atoms with E-state index in [0.29, 0.717) is 27.8 Å². The Morgan fingerprint density at radius 2 is 1.68 bits per heavy atom. The Labute approximate surface area is 134 Å². The monoisotopic (exact) mass is 326 g/mol. The van der Waals surface area contributed by atoms with E-state index in [1.54, 1.807) is 42.1 Å². The Balaban J connectivity index is 2.08. The molecule has 0 bridgehead atoms. The molecule has 2 aromatic carbocycles. The smallest absolute Gasteiger partial charge is 0.196 e. The average molecular weight is 326 g/mol. The zero-order valence-corrected chi connectivity index (χ0v) is 13.3. The summed E-state index contributed by atoms with van der Waals surface area (Å²) in [6, 6.07) is 8.74. The van der Waals surface area contributed by atoms with Crippen LogP contribution in [0.25, 0.3) is 11.0 Å². The second kappa shape index (κ2) is 5.00. The molecule has 0 aliphatic heterocycles. The van der Waals surface area contributed by atoms with Crippen molar-refractivity contribution in [1.82, 2.24) is 8.75 Å². The molecule has 1 aliphatic carbocycles. The predicted molar refractivity (Wildman–Crippen MR) is 87.1 cm³/mol. The van der Waals surface area contributed by atoms with E-state index < -0.39 is 0 Å². The second-order valence-electron chi connectivity index (χ2n) is 4.90. The minimum absolute atomic E-state index is 0.113. The van der Waals surface area contributed by atoms with Crippen LogP contribution in [-0.4, -0.2) is 26.1 Å². The van der Waals surface area contributed by atoms with Crippen molar-refractivity contribution in [3.8, 4) is 0 Å². The molecule has 108 valence electrons. The zero-order chi connectivity index (χ0) is 15.3. The van der Waals surface area contributed by atoms with Gasteiger partial charge in [0, 0.05) is 21.6 Å². The highest BCUT2D eigenvalue weighted by Crippen LogP contribution is 2.36. The molecule has 1 aliphatic rings. The fraction of sp³-hybridized carbons (Fsp3) is 0.125. The second-order valence-corrected chi connectivity index (χ2v) is 6.73. The molecule has 0 saturated carbocycles. The Morgan fingerprint density at radius 3 is 2.41 bits per heavy atom. The molecule has 0 saturated heterocycles. The van der Waals surface area contributed by atoms with Gasteiger partial charge in [0.15, 0.2) is 11.6 Å². The molecule has 0 N–H and O–H groups in total. The Hall–Kier alpha value is -2.05. The third-order valence-corrected chi connectivity index (χ3v) is 5.13. The van der Waals surface area contributed by atoms with Crippen LogP contribution in [0.5, 0.6) is 0 Å². The standard InChI is InChI=1S/C16H10N2O2S2/c1-2-21-11-7-10-12(14-13(11)17-22-18-14)16(20)9-6-4-3-5-8(9)15(10)19/h3-7H,2H2,1H3. The molecule has 0 atom stereocenters. The molecule has 4 nitrogen and oxygen atoms in total. The lowest BCUT2D eigenvalue weighted by molar-refractivity contribution is 0.0980. The number of hydrogen-bond acceptors (Lipinski definition) is 6. The van der Waals surface area contributed by atoms with Gasteiger partial charge < -0.3 is 0 Å². The van der Waals surface area contributed by atoms with E-state index in [4.69, 9.17) is 0 Å². The number of thioether (sulfide) groups is 1. The van der Waals surface area contributed by atoms with Gasteiger partial charge in [-0.15, -0.1) is 11.8 Å². The number of carbonyl (C=O) groups is 2. The van der Waals surface area contributed by atoms with E-state index in [0.717, 1.165) is 27.9 Å². The van der Waals surface area contributed by atoms with E-state index in [-0.39, 0.29) is 11.6 Å². The van der Waals surface area contributed by atoms with Gasteiger partial charge in [-0.25, -0.2) is 0 Å². The Morgan fingerprint density at radius 1 is 1.00 bits per heavy atom. The van der Waals surface area contributed by atoms with Crippen LogP contribution in [0.15, 0.2) is 35.2 Å². The first-order chi connectivity index (χ1) is 10.7. The van der Waals surface area contributed by atoms with E-state index in [9.17, 15) is 9.59 Å². The maximum Gasteiger partial charge on any atom is 0.196 e. The molecule has 1 aromatic heterocycles. The van der Waals surface area contributed by atoms with Gasteiger partial charge in [-0.3, -0.25) is 9.59 Å². The highest BCUT2D eigenvalue weighted by Gasteiger charge is 2.33. The summed E-state index contributed by atoms with van der Waals surface area (Å²) in [7, 11) is 0. The van der Waals surface area contributed by atoms with E-state index in [1.807, 2.05) is 6.92 Å². The van der Waals surface area contributed by atoms with Crippen molar-refractivity contribution in [3.63, 3.8) is 0 Å². The van der Waals surface area contributed by atoms with E-state index in [1.165, 1.54) is 0 Å². The third-order valence-electron chi connectivity index (χ3n) is 3.69. The molecule has 0 amide bonds. The van der Waals surface area contributed by atoms with E-state index in [2.05, 4.69) is 8.75 Å². The summed E-state index contributed by atoms with van der Waals surface area (Å²) in [6.07, 6.45) is 0. The summed E-state index contributed by atoms with van der Waals surface area (Å²) < 4.78 is 8.58. The van der Waals surface area contributed by atoms with Crippen molar-refractivity contribution in [1.29, 1.82) is 0 Å². The van der Waals surface area contributed by atoms with Crippen LogP contribution in [0, 0.1) is 0 Å². The number of nitrogens with zero attached hydrogens (tertiary/aromatic N) is 2. The summed E-state index contributed by atoms with van der Waals surface area (Å²) in [6.45, 7) is 2.04. The number of aromatic nitrogens is 2. The summed E-state index contributed by atoms with van der Waals surface area (Å²) in [4.78, 5) is 26.5. The molecular formula is C16H10N2O2S2. The van der Waals surface area contributed by atoms with Crippen molar-refractivity contribution < 1.29 is 9.59 Å². The normalized spacial score (nSPS) is 13.3. The lowest BCUT2D eigenvalue weighted by Crippen LogP contribution is -2.21. The summed E-state index contributed by atoms with van der Waals surface area (Å²) in [5.41, 5.74) is 3.02. The van der Waals surface area contributed by atoms with Crippen LogP contribution in [0.4, 0.5) is 0 Å². The molecule has 1 heterocycles. The molecule has 0 fully saturated rings. The van der Waals surface area contributed by atoms with Crippen LogP contribution in [0.1, 0.15) is 38.8 Å². The first kappa shape index (κ1) is 13.6. The van der Waals surface area contributed by atoms with Crippen LogP contribution >= 0.6 is 23.5 Å². The largest absolute Gasteiger partial charge is 0.289 e. The Kier molecular flexibility index (Phi) is 3.09. The highest BCUT2D eigenvalue weighted by atomic mass is 32.2. The molecule has 0 unspecified atom stereocenters. The zero-order valence-electron chi connectivity index (χ0n) is 11.6. The molecule has 6 heteroatoms. The van der Waals surface area contributed by atoms with Crippen molar-refractivity contribution >= 4 is 46.1 Å². The van der Waals surface area contributed by atoms with Gasteiger partial charge in [-0.1, -0.05) is 31.2 Å². The van der Waals surface area contributed by atoms with Gasteiger partial charge in [0.25, 0.3) is 0 Å². The van der Waals surface area contributed by atoms with Crippen LogP contribution < -0.4 is 0 Å². The van der Waals surface area contributed by atoms with Gasteiger partial charge in [0.1, 0.15) is 11.0 Å². The molecule has 3 aromatic rings. The molecule has 0 radical (unpaired) electrons. The molecular weight excluding hydrogens is 316 g/mol. The molecule has 22 heavy (non-hydrogen) atoms. The number of ketones is 2. The summed E-state index contributed by atoms with van der Waals surface area (Å²) >= 11 is 2.68. The van der Waals surface area contributed by atoms with Gasteiger partial charge in [0.2, 0.25) is 0 Å². The number of rotatable bonds is 2. The lowest BCUT2D eigenvalue weighted by atomic mass is 9.83. The van der Waals surface area contributed by atoms with Crippen LogP contribution in [0.3, 0.4) is 0 Å². The van der Waals surface area contributed by atoms with Gasteiger partial charge in [0.05, 0.1) is 17.3 Å². The highest BCUT2D eigenvalue weighted by molar-refractivity contribution is 7.99. The van der Waals surface area contributed by atoms with Gasteiger partial charge >= 0.3 is 0 Å². The summed E-state index contributed by atoms with van der Waals surface area (Å²) in [5.74, 6) is 0.610. The predicted octanol–water partition coefficient (Wildman–Crippen LogP) is 3.58.